The molecule has 182 valence electrons. The fraction of sp³-hybridized carbons (Fsp3) is 0.478. The molecule has 5 rings (SSSR count). The molecule has 1 N–H and O–H groups in total. The zero-order valence-electron chi connectivity index (χ0n) is 19.1. The zero-order chi connectivity index (χ0) is 22.6. The third-order valence-corrected chi connectivity index (χ3v) is 6.21. The van der Waals surface area contributed by atoms with E-state index in [1.165, 1.54) is 0 Å². The van der Waals surface area contributed by atoms with Crippen molar-refractivity contribution in [1.29, 1.82) is 0 Å². The van der Waals surface area contributed by atoms with Crippen LogP contribution < -0.4 is 25.1 Å². The van der Waals surface area contributed by atoms with Crippen molar-refractivity contribution >= 4 is 23.4 Å². The lowest BCUT2D eigenvalue weighted by molar-refractivity contribution is 0.161. The summed E-state index contributed by atoms with van der Waals surface area (Å²) < 4.78 is 18.1. The largest absolute Gasteiger partial charge is 0.495 e. The topological polar surface area (TPSA) is 104 Å². The van der Waals surface area contributed by atoms with Gasteiger partial charge in [0.2, 0.25) is 0 Å². The SMILES string of the molecule is COc1cnc2ccc(=O)n(CCN3CCC(NCc4cc5c(nn4)OCCO5)CC3)c2c1.Cl. The lowest BCUT2D eigenvalue weighted by Crippen LogP contribution is -2.43. The number of pyridine rings is 2. The zero-order valence-corrected chi connectivity index (χ0v) is 19.9. The molecule has 1 fully saturated rings. The van der Waals surface area contributed by atoms with Gasteiger partial charge in [0.15, 0.2) is 5.75 Å². The van der Waals surface area contributed by atoms with Gasteiger partial charge in [0.05, 0.1) is 30.0 Å². The van der Waals surface area contributed by atoms with Gasteiger partial charge in [-0.15, -0.1) is 17.5 Å². The number of likely N-dealkylation sites (tertiary alicyclic amines) is 1. The van der Waals surface area contributed by atoms with Crippen LogP contribution in [0.5, 0.6) is 17.4 Å². The summed E-state index contributed by atoms with van der Waals surface area (Å²) in [6, 6.07) is 7.54. The Labute approximate surface area is 203 Å². The molecule has 0 amide bonds. The van der Waals surface area contributed by atoms with E-state index in [-0.39, 0.29) is 18.0 Å². The van der Waals surface area contributed by atoms with E-state index in [9.17, 15) is 4.79 Å². The van der Waals surface area contributed by atoms with Crippen molar-refractivity contribution in [2.45, 2.75) is 32.0 Å². The van der Waals surface area contributed by atoms with Crippen LogP contribution in [0.25, 0.3) is 11.0 Å². The van der Waals surface area contributed by atoms with Crippen molar-refractivity contribution in [3.8, 4) is 17.4 Å². The van der Waals surface area contributed by atoms with Crippen LogP contribution in [0.3, 0.4) is 0 Å². The Bertz CT molecular complexity index is 1180. The summed E-state index contributed by atoms with van der Waals surface area (Å²) in [7, 11) is 1.60. The predicted octanol–water partition coefficient (Wildman–Crippen LogP) is 1.64. The van der Waals surface area contributed by atoms with Gasteiger partial charge in [0.25, 0.3) is 11.4 Å². The Balaban J connectivity index is 0.00000274. The van der Waals surface area contributed by atoms with Gasteiger partial charge >= 0.3 is 0 Å². The Kier molecular flexibility index (Phi) is 7.81. The molecule has 0 spiro atoms. The molecule has 0 unspecified atom stereocenters. The van der Waals surface area contributed by atoms with Gasteiger partial charge in [-0.1, -0.05) is 0 Å². The van der Waals surface area contributed by atoms with Crippen LogP contribution in [-0.2, 0) is 13.1 Å². The predicted molar refractivity (Wildman–Crippen MR) is 129 cm³/mol. The second-order valence-corrected chi connectivity index (χ2v) is 8.30. The molecule has 0 bridgehead atoms. The Morgan fingerprint density at radius 1 is 1.12 bits per heavy atom. The van der Waals surface area contributed by atoms with Gasteiger partial charge in [-0.05, 0) is 32.0 Å². The quantitative estimate of drug-likeness (QED) is 0.531. The van der Waals surface area contributed by atoms with Gasteiger partial charge < -0.3 is 29.0 Å². The van der Waals surface area contributed by atoms with Crippen LogP contribution in [0.4, 0.5) is 0 Å². The number of hydrogen-bond acceptors (Lipinski definition) is 9. The highest BCUT2D eigenvalue weighted by Gasteiger charge is 2.20. The number of fused-ring (bicyclic) bond motifs is 2. The fourth-order valence-corrected chi connectivity index (χ4v) is 4.32. The van der Waals surface area contributed by atoms with Crippen molar-refractivity contribution in [2.75, 3.05) is 40.0 Å². The van der Waals surface area contributed by atoms with Crippen LogP contribution in [0.15, 0.2) is 35.3 Å². The van der Waals surface area contributed by atoms with Crippen LogP contribution in [0.1, 0.15) is 18.5 Å². The number of rotatable bonds is 7. The summed E-state index contributed by atoms with van der Waals surface area (Å²) in [5, 5.41) is 11.9. The summed E-state index contributed by atoms with van der Waals surface area (Å²) in [6.45, 7) is 5.09. The van der Waals surface area contributed by atoms with E-state index in [1.54, 1.807) is 30.0 Å². The first kappa shape index (κ1) is 24.2. The second-order valence-electron chi connectivity index (χ2n) is 8.30. The molecule has 3 aromatic heterocycles. The second kappa shape index (κ2) is 11.0. The summed E-state index contributed by atoms with van der Waals surface area (Å²) in [4.78, 5) is 19.3. The molecule has 0 radical (unpaired) electrons. The summed E-state index contributed by atoms with van der Waals surface area (Å²) >= 11 is 0. The molecule has 0 aromatic carbocycles. The number of nitrogens with one attached hydrogen (secondary N) is 1. The number of halogens is 1. The first-order valence-electron chi connectivity index (χ1n) is 11.3. The lowest BCUT2D eigenvalue weighted by Gasteiger charge is -2.32. The van der Waals surface area contributed by atoms with Crippen LogP contribution in [0, 0.1) is 0 Å². The number of ether oxygens (including phenoxy) is 3. The van der Waals surface area contributed by atoms with Crippen LogP contribution >= 0.6 is 12.4 Å². The standard InChI is InChI=1S/C23H28N6O4.ClH/c1-31-18-13-20-19(25-15-18)2-3-22(30)29(20)9-8-28-6-4-16(5-7-28)24-14-17-12-21-23(27-26-17)33-11-10-32-21;/h2-3,12-13,15-16,24H,4-11,14H2,1H3;1H. The molecule has 1 saturated heterocycles. The van der Waals surface area contributed by atoms with E-state index in [1.807, 2.05) is 12.1 Å². The number of nitrogens with zero attached hydrogens (tertiary/aromatic N) is 5. The number of aromatic nitrogens is 4. The maximum Gasteiger partial charge on any atom is 0.276 e. The van der Waals surface area contributed by atoms with Crippen LogP contribution in [-0.4, -0.2) is 70.6 Å². The first-order chi connectivity index (χ1) is 16.2. The van der Waals surface area contributed by atoms with Crippen molar-refractivity contribution in [3.63, 3.8) is 0 Å². The average molecular weight is 489 g/mol. The molecule has 3 aromatic rings. The molecule has 0 atom stereocenters. The van der Waals surface area contributed by atoms with E-state index < -0.39 is 0 Å². The monoisotopic (exact) mass is 488 g/mol. The molecule has 2 aliphatic heterocycles. The minimum atomic E-state index is -0.0188. The Morgan fingerprint density at radius 3 is 2.76 bits per heavy atom. The number of methoxy groups -OCH3 is 1. The van der Waals surface area contributed by atoms with Crippen molar-refractivity contribution < 1.29 is 14.2 Å². The highest BCUT2D eigenvalue weighted by molar-refractivity contribution is 5.85. The van der Waals surface area contributed by atoms with Gasteiger partial charge in [0.1, 0.15) is 19.0 Å². The van der Waals surface area contributed by atoms with E-state index in [0.29, 0.717) is 49.7 Å². The van der Waals surface area contributed by atoms with E-state index in [2.05, 4.69) is 25.4 Å². The molecule has 0 aliphatic carbocycles. The van der Waals surface area contributed by atoms with E-state index >= 15 is 0 Å². The smallest absolute Gasteiger partial charge is 0.276 e. The van der Waals surface area contributed by atoms with Gasteiger partial charge in [-0.25, -0.2) is 0 Å². The third-order valence-electron chi connectivity index (χ3n) is 6.21. The van der Waals surface area contributed by atoms with Gasteiger partial charge in [-0.3, -0.25) is 9.78 Å². The molecule has 2 aliphatic rings. The molecular weight excluding hydrogens is 460 g/mol. The average Bonchev–Trinajstić information content (AvgIpc) is 2.87. The number of hydrogen-bond donors (Lipinski definition) is 1. The van der Waals surface area contributed by atoms with Gasteiger partial charge in [-0.2, -0.15) is 5.10 Å². The van der Waals surface area contributed by atoms with Crippen molar-refractivity contribution in [3.05, 3.63) is 46.5 Å². The van der Waals surface area contributed by atoms with Crippen molar-refractivity contribution in [1.82, 2.24) is 30.0 Å². The van der Waals surface area contributed by atoms with Gasteiger partial charge in [0, 0.05) is 43.9 Å². The third kappa shape index (κ3) is 5.40. The maximum atomic E-state index is 12.5. The molecule has 5 heterocycles. The summed E-state index contributed by atoms with van der Waals surface area (Å²) in [6.07, 6.45) is 3.75. The fourth-order valence-electron chi connectivity index (χ4n) is 4.32. The normalized spacial score (nSPS) is 16.3. The molecule has 0 saturated carbocycles. The summed E-state index contributed by atoms with van der Waals surface area (Å²) in [5.41, 5.74) is 2.43. The van der Waals surface area contributed by atoms with Crippen LogP contribution in [0.2, 0.25) is 0 Å². The lowest BCUT2D eigenvalue weighted by atomic mass is 10.0. The van der Waals surface area contributed by atoms with E-state index in [0.717, 1.165) is 49.2 Å². The first-order valence-corrected chi connectivity index (χ1v) is 11.3. The highest BCUT2D eigenvalue weighted by Crippen LogP contribution is 2.26. The maximum absolute atomic E-state index is 12.5. The molecule has 11 heteroatoms. The van der Waals surface area contributed by atoms with E-state index in [4.69, 9.17) is 14.2 Å². The minimum Gasteiger partial charge on any atom is -0.495 e. The minimum absolute atomic E-state index is 0. The Hall–Kier alpha value is -2.95. The number of piperidine rings is 1. The van der Waals surface area contributed by atoms with Crippen molar-refractivity contribution in [2.24, 2.45) is 0 Å². The Morgan fingerprint density at radius 2 is 1.94 bits per heavy atom. The molecule has 34 heavy (non-hydrogen) atoms. The molecular formula is C23H29ClN6O4. The molecule has 10 nitrogen and oxygen atoms in total. The highest BCUT2D eigenvalue weighted by atomic mass is 35.5. The summed E-state index contributed by atoms with van der Waals surface area (Å²) in [5.74, 6) is 1.79.